The maximum absolute atomic E-state index is 12.0. The normalized spacial score (nSPS) is 13.4. The van der Waals surface area contributed by atoms with Crippen LogP contribution >= 0.6 is 15.9 Å². The molecule has 0 fully saturated rings. The third kappa shape index (κ3) is 2.98. The summed E-state index contributed by atoms with van der Waals surface area (Å²) in [5.41, 5.74) is 0.882. The van der Waals surface area contributed by atoms with Crippen molar-refractivity contribution in [3.8, 4) is 0 Å². The highest BCUT2D eigenvalue weighted by atomic mass is 79.9. The summed E-state index contributed by atoms with van der Waals surface area (Å²) in [5, 5.41) is 6.13. The van der Waals surface area contributed by atoms with Crippen molar-refractivity contribution in [2.24, 2.45) is 0 Å². The minimum Gasteiger partial charge on any atom is -0.266 e. The van der Waals surface area contributed by atoms with E-state index in [1.807, 2.05) is 24.3 Å². The fourth-order valence-electron chi connectivity index (χ4n) is 1.53. The van der Waals surface area contributed by atoms with Crippen molar-refractivity contribution >= 4 is 26.0 Å². The van der Waals surface area contributed by atoms with Gasteiger partial charge in [0.2, 0.25) is 0 Å². The Morgan fingerprint density at radius 2 is 2.17 bits per heavy atom. The Kier molecular flexibility index (Phi) is 3.84. The molecule has 1 aromatic heterocycles. The minimum absolute atomic E-state index is 0.0596. The van der Waals surface area contributed by atoms with Gasteiger partial charge in [-0.05, 0) is 30.7 Å². The third-order valence-corrected chi connectivity index (χ3v) is 4.41. The average Bonchev–Trinajstić information content (AvgIpc) is 2.82. The number of nitrogens with one attached hydrogen (secondary N) is 2. The second-order valence-corrected chi connectivity index (χ2v) is 6.42. The Hall–Kier alpha value is -1.18. The highest BCUT2D eigenvalue weighted by Crippen LogP contribution is 2.19. The van der Waals surface area contributed by atoms with Crippen LogP contribution in [0.4, 0.5) is 0 Å². The van der Waals surface area contributed by atoms with Crippen molar-refractivity contribution in [2.75, 3.05) is 0 Å². The second-order valence-electron chi connectivity index (χ2n) is 3.82. The van der Waals surface area contributed by atoms with E-state index in [1.54, 1.807) is 6.92 Å². The summed E-state index contributed by atoms with van der Waals surface area (Å²) in [6.45, 7) is 1.79. The largest absolute Gasteiger partial charge is 0.266 e. The molecule has 1 heterocycles. The molecular weight excluding hydrogens is 318 g/mol. The zero-order chi connectivity index (χ0) is 13.2. The molecule has 1 aromatic carbocycles. The standard InChI is InChI=1S/C11H12BrN3O2S/c1-8(9-3-2-4-10(12)7-9)15-18(16,17)11-5-6-13-14-11/h2-8,15H,1H3,(H,13,14). The molecule has 1 unspecified atom stereocenters. The van der Waals surface area contributed by atoms with Crippen molar-refractivity contribution in [1.29, 1.82) is 0 Å². The summed E-state index contributed by atoms with van der Waals surface area (Å²) in [4.78, 5) is 0. The number of sulfonamides is 1. The topological polar surface area (TPSA) is 74.8 Å². The van der Waals surface area contributed by atoms with E-state index >= 15 is 0 Å². The lowest BCUT2D eigenvalue weighted by Gasteiger charge is -2.13. The van der Waals surface area contributed by atoms with E-state index in [9.17, 15) is 8.42 Å². The number of benzene rings is 1. The van der Waals surface area contributed by atoms with E-state index < -0.39 is 10.0 Å². The molecule has 0 amide bonds. The number of nitrogens with zero attached hydrogens (tertiary/aromatic N) is 1. The third-order valence-electron chi connectivity index (χ3n) is 2.45. The van der Waals surface area contributed by atoms with Crippen LogP contribution in [-0.4, -0.2) is 18.6 Å². The van der Waals surface area contributed by atoms with Crippen LogP contribution in [0.3, 0.4) is 0 Å². The summed E-state index contributed by atoms with van der Waals surface area (Å²) in [6.07, 6.45) is 1.40. The molecule has 0 bridgehead atoms. The molecular formula is C11H12BrN3O2S. The molecule has 1 atom stereocenters. The Morgan fingerprint density at radius 1 is 1.39 bits per heavy atom. The first-order valence-corrected chi connectivity index (χ1v) is 7.54. The molecule has 0 saturated carbocycles. The molecule has 0 saturated heterocycles. The van der Waals surface area contributed by atoms with Gasteiger partial charge in [-0.3, -0.25) is 5.10 Å². The molecule has 7 heteroatoms. The van der Waals surface area contributed by atoms with Crippen molar-refractivity contribution in [3.05, 3.63) is 46.6 Å². The van der Waals surface area contributed by atoms with Crippen molar-refractivity contribution < 1.29 is 8.42 Å². The highest BCUT2D eigenvalue weighted by molar-refractivity contribution is 9.10. The van der Waals surface area contributed by atoms with Gasteiger partial charge in [-0.1, -0.05) is 28.1 Å². The van der Waals surface area contributed by atoms with Crippen LogP contribution in [0.15, 0.2) is 46.0 Å². The molecule has 2 N–H and O–H groups in total. The molecule has 0 spiro atoms. The molecule has 18 heavy (non-hydrogen) atoms. The van der Waals surface area contributed by atoms with E-state index in [4.69, 9.17) is 0 Å². The van der Waals surface area contributed by atoms with Crippen LogP contribution < -0.4 is 4.72 Å². The van der Waals surface area contributed by atoms with Crippen LogP contribution in [0.1, 0.15) is 18.5 Å². The molecule has 2 rings (SSSR count). The average molecular weight is 330 g/mol. The van der Waals surface area contributed by atoms with E-state index in [2.05, 4.69) is 30.8 Å². The van der Waals surface area contributed by atoms with Gasteiger partial charge in [0.05, 0.1) is 6.20 Å². The van der Waals surface area contributed by atoms with Gasteiger partial charge in [0.1, 0.15) is 0 Å². The van der Waals surface area contributed by atoms with Crippen LogP contribution in [0.2, 0.25) is 0 Å². The first-order chi connectivity index (χ1) is 8.49. The zero-order valence-electron chi connectivity index (χ0n) is 9.59. The lowest BCUT2D eigenvalue weighted by Crippen LogP contribution is -2.27. The maximum Gasteiger partial charge on any atom is 0.258 e. The van der Waals surface area contributed by atoms with Gasteiger partial charge in [-0.25, -0.2) is 13.1 Å². The van der Waals surface area contributed by atoms with Crippen molar-refractivity contribution in [1.82, 2.24) is 14.9 Å². The molecule has 0 aliphatic carbocycles. The van der Waals surface area contributed by atoms with Crippen LogP contribution in [0.25, 0.3) is 0 Å². The number of aromatic nitrogens is 2. The summed E-state index contributed by atoms with van der Waals surface area (Å²) in [5.74, 6) is 0. The van der Waals surface area contributed by atoms with Crippen LogP contribution in [0.5, 0.6) is 0 Å². The molecule has 2 aromatic rings. The van der Waals surface area contributed by atoms with E-state index in [1.165, 1.54) is 12.3 Å². The van der Waals surface area contributed by atoms with Gasteiger partial charge < -0.3 is 0 Å². The highest BCUT2D eigenvalue weighted by Gasteiger charge is 2.19. The van der Waals surface area contributed by atoms with Gasteiger partial charge in [0, 0.05) is 10.5 Å². The predicted molar refractivity (Wildman–Crippen MR) is 71.5 cm³/mol. The van der Waals surface area contributed by atoms with Gasteiger partial charge in [-0.2, -0.15) is 5.10 Å². The first-order valence-electron chi connectivity index (χ1n) is 5.26. The number of hydrogen-bond acceptors (Lipinski definition) is 3. The maximum atomic E-state index is 12.0. The van der Waals surface area contributed by atoms with E-state index in [0.29, 0.717) is 0 Å². The van der Waals surface area contributed by atoms with Gasteiger partial charge >= 0.3 is 0 Å². The molecule has 96 valence electrons. The number of rotatable bonds is 4. The summed E-state index contributed by atoms with van der Waals surface area (Å²) in [7, 11) is -3.56. The number of halogens is 1. The van der Waals surface area contributed by atoms with E-state index in [-0.39, 0.29) is 11.1 Å². The fourth-order valence-corrected chi connectivity index (χ4v) is 3.09. The number of hydrogen-bond donors (Lipinski definition) is 2. The fraction of sp³-hybridized carbons (Fsp3) is 0.182. The number of H-pyrrole nitrogens is 1. The molecule has 0 aliphatic rings. The summed E-state index contributed by atoms with van der Waals surface area (Å²) >= 11 is 3.36. The SMILES string of the molecule is CC(NS(=O)(=O)c1ccn[nH]1)c1cccc(Br)c1. The van der Waals surface area contributed by atoms with Gasteiger partial charge in [0.25, 0.3) is 10.0 Å². The lowest BCUT2D eigenvalue weighted by molar-refractivity contribution is 0.562. The number of aromatic amines is 1. The monoisotopic (exact) mass is 329 g/mol. The summed E-state index contributed by atoms with van der Waals surface area (Å²) < 4.78 is 27.4. The minimum atomic E-state index is -3.56. The smallest absolute Gasteiger partial charge is 0.258 e. The first kappa shape index (κ1) is 13.3. The quantitative estimate of drug-likeness (QED) is 0.903. The van der Waals surface area contributed by atoms with Crippen molar-refractivity contribution in [3.63, 3.8) is 0 Å². The van der Waals surface area contributed by atoms with Crippen LogP contribution in [-0.2, 0) is 10.0 Å². The predicted octanol–water partition coefficient (Wildman–Crippen LogP) is 2.21. The van der Waals surface area contributed by atoms with Crippen LogP contribution in [0, 0.1) is 0 Å². The molecule has 0 radical (unpaired) electrons. The lowest BCUT2D eigenvalue weighted by atomic mass is 10.1. The van der Waals surface area contributed by atoms with E-state index in [0.717, 1.165) is 10.0 Å². The Morgan fingerprint density at radius 3 is 2.78 bits per heavy atom. The Labute approximate surface area is 114 Å². The molecule has 0 aliphatic heterocycles. The Bertz CT molecular complexity index is 625. The Balaban J connectivity index is 2.20. The van der Waals surface area contributed by atoms with Crippen molar-refractivity contribution in [2.45, 2.75) is 18.0 Å². The van der Waals surface area contributed by atoms with Gasteiger partial charge in [0.15, 0.2) is 5.03 Å². The second kappa shape index (κ2) is 5.21. The molecule has 5 nitrogen and oxygen atoms in total. The zero-order valence-corrected chi connectivity index (χ0v) is 12.0. The van der Waals surface area contributed by atoms with Gasteiger partial charge in [-0.15, -0.1) is 0 Å². The summed E-state index contributed by atoms with van der Waals surface area (Å²) in [6, 6.07) is 8.58.